The molecule has 38 heavy (non-hydrogen) atoms. The van der Waals surface area contributed by atoms with Crippen LogP contribution in [0, 0.1) is 6.92 Å². The van der Waals surface area contributed by atoms with E-state index in [1.807, 2.05) is 66.1 Å². The molecule has 2 heterocycles. The monoisotopic (exact) mass is 534 g/mol. The van der Waals surface area contributed by atoms with Gasteiger partial charge in [-0.15, -0.1) is 0 Å². The minimum atomic E-state index is -3.71. The van der Waals surface area contributed by atoms with Gasteiger partial charge in [0.1, 0.15) is 12.3 Å². The Morgan fingerprint density at radius 1 is 1.05 bits per heavy atom. The first-order valence-electron chi connectivity index (χ1n) is 12.5. The largest absolute Gasteiger partial charge is 0.483 e. The molecule has 0 bridgehead atoms. The van der Waals surface area contributed by atoms with E-state index >= 15 is 0 Å². The van der Waals surface area contributed by atoms with Crippen LogP contribution >= 0.6 is 0 Å². The average molecular weight is 535 g/mol. The van der Waals surface area contributed by atoms with Gasteiger partial charge >= 0.3 is 0 Å². The molecule has 1 saturated heterocycles. The van der Waals surface area contributed by atoms with Crippen molar-refractivity contribution >= 4 is 32.7 Å². The lowest BCUT2D eigenvalue weighted by molar-refractivity contribution is -0.116. The molecular formula is C28H30N4O5S. The number of fused-ring (bicyclic) bond motifs is 1. The highest BCUT2D eigenvalue weighted by molar-refractivity contribution is 7.89. The molecule has 1 fully saturated rings. The van der Waals surface area contributed by atoms with Gasteiger partial charge in [-0.2, -0.15) is 4.31 Å². The summed E-state index contributed by atoms with van der Waals surface area (Å²) in [6, 6.07) is 22.0. The van der Waals surface area contributed by atoms with E-state index < -0.39 is 16.1 Å². The van der Waals surface area contributed by atoms with Crippen LogP contribution in [0.4, 0.5) is 5.69 Å². The number of rotatable bonds is 8. The van der Waals surface area contributed by atoms with E-state index in [-0.39, 0.29) is 17.3 Å². The predicted molar refractivity (Wildman–Crippen MR) is 145 cm³/mol. The van der Waals surface area contributed by atoms with Crippen LogP contribution in [0.2, 0.25) is 0 Å². The van der Waals surface area contributed by atoms with Gasteiger partial charge in [0, 0.05) is 18.8 Å². The van der Waals surface area contributed by atoms with E-state index in [2.05, 4.69) is 5.32 Å². The van der Waals surface area contributed by atoms with Crippen LogP contribution in [-0.2, 0) is 26.1 Å². The molecule has 1 N–H and O–H groups in total. The van der Waals surface area contributed by atoms with Crippen molar-refractivity contribution in [3.63, 3.8) is 0 Å². The van der Waals surface area contributed by atoms with Gasteiger partial charge in [-0.3, -0.25) is 4.79 Å². The summed E-state index contributed by atoms with van der Waals surface area (Å²) >= 11 is 0. The quantitative estimate of drug-likeness (QED) is 0.365. The van der Waals surface area contributed by atoms with Crippen molar-refractivity contribution in [1.29, 1.82) is 0 Å². The first-order valence-corrected chi connectivity index (χ1v) is 13.9. The van der Waals surface area contributed by atoms with Crippen LogP contribution in [0.3, 0.4) is 0 Å². The molecule has 4 aromatic rings. The summed E-state index contributed by atoms with van der Waals surface area (Å²) in [6.07, 6.45) is -0.415. The number of benzene rings is 3. The highest BCUT2D eigenvalue weighted by Crippen LogP contribution is 2.27. The number of para-hydroxylation sites is 3. The SMILES string of the molecule is Cc1ccc(NC(=O)Cn2c([C@H](C)Oc3ccccc3)nc3ccccc32)cc1S(=O)(=O)N1CCOCC1. The van der Waals surface area contributed by atoms with Crippen molar-refractivity contribution in [1.82, 2.24) is 13.9 Å². The molecule has 5 rings (SSSR count). The molecule has 0 saturated carbocycles. The zero-order valence-electron chi connectivity index (χ0n) is 21.3. The molecule has 1 aliphatic heterocycles. The Hall–Kier alpha value is -3.73. The smallest absolute Gasteiger partial charge is 0.244 e. The number of nitrogens with zero attached hydrogens (tertiary/aromatic N) is 3. The Morgan fingerprint density at radius 3 is 2.53 bits per heavy atom. The summed E-state index contributed by atoms with van der Waals surface area (Å²) in [6.45, 7) is 4.96. The van der Waals surface area contributed by atoms with Crippen molar-refractivity contribution in [2.45, 2.75) is 31.4 Å². The van der Waals surface area contributed by atoms with Gasteiger partial charge in [0.05, 0.1) is 29.1 Å². The van der Waals surface area contributed by atoms with Crippen LogP contribution < -0.4 is 10.1 Å². The van der Waals surface area contributed by atoms with E-state index in [4.69, 9.17) is 14.5 Å². The van der Waals surface area contributed by atoms with Crippen molar-refractivity contribution in [2.75, 3.05) is 31.6 Å². The molecule has 0 radical (unpaired) electrons. The third-order valence-corrected chi connectivity index (χ3v) is 8.51. The van der Waals surface area contributed by atoms with Crippen molar-refractivity contribution in [3.05, 3.63) is 84.2 Å². The van der Waals surface area contributed by atoms with Gasteiger partial charge in [-0.05, 0) is 55.8 Å². The number of carbonyl (C=O) groups excluding carboxylic acids is 1. The molecule has 0 aliphatic carbocycles. The summed E-state index contributed by atoms with van der Waals surface area (Å²) in [5, 5.41) is 2.87. The number of aryl methyl sites for hydroxylation is 1. The van der Waals surface area contributed by atoms with E-state index in [1.165, 1.54) is 10.4 Å². The molecule has 1 aromatic heterocycles. The first kappa shape index (κ1) is 25.9. The Bertz CT molecular complexity index is 1550. The fourth-order valence-electron chi connectivity index (χ4n) is 4.55. The van der Waals surface area contributed by atoms with E-state index in [1.54, 1.807) is 19.1 Å². The van der Waals surface area contributed by atoms with Gasteiger partial charge in [0.2, 0.25) is 15.9 Å². The Labute approximate surface area is 222 Å². The normalized spacial score (nSPS) is 15.3. The molecule has 0 spiro atoms. The number of amides is 1. The topological polar surface area (TPSA) is 103 Å². The molecule has 1 atom stereocenters. The van der Waals surface area contributed by atoms with Gasteiger partial charge in [-0.25, -0.2) is 13.4 Å². The molecule has 1 amide bonds. The number of imidazole rings is 1. The molecule has 1 aliphatic rings. The van der Waals surface area contributed by atoms with Crippen LogP contribution in [0.1, 0.15) is 24.4 Å². The van der Waals surface area contributed by atoms with Crippen LogP contribution in [-0.4, -0.2) is 54.5 Å². The predicted octanol–water partition coefficient (Wildman–Crippen LogP) is 4.14. The summed E-state index contributed by atoms with van der Waals surface area (Å²) in [7, 11) is -3.71. The van der Waals surface area contributed by atoms with Crippen LogP contribution in [0.25, 0.3) is 11.0 Å². The standard InChI is InChI=1S/C28H30N4O5S/c1-20-12-13-22(18-26(20)38(34,35)31-14-16-36-17-15-31)29-27(33)19-32-25-11-7-6-10-24(25)30-28(32)21(2)37-23-8-4-3-5-9-23/h3-13,18,21H,14-17,19H2,1-2H3,(H,29,33)/t21-/m0/s1. The minimum Gasteiger partial charge on any atom is -0.483 e. The maximum Gasteiger partial charge on any atom is 0.244 e. The highest BCUT2D eigenvalue weighted by Gasteiger charge is 2.28. The molecular weight excluding hydrogens is 504 g/mol. The summed E-state index contributed by atoms with van der Waals surface area (Å²) in [5.74, 6) is 1.02. The van der Waals surface area contributed by atoms with Gasteiger partial charge < -0.3 is 19.4 Å². The highest BCUT2D eigenvalue weighted by atomic mass is 32.2. The summed E-state index contributed by atoms with van der Waals surface area (Å²) < 4.78 is 41.1. The Kier molecular flexibility index (Phi) is 7.46. The maximum absolute atomic E-state index is 13.2. The number of hydrogen-bond acceptors (Lipinski definition) is 6. The molecule has 198 valence electrons. The van der Waals surface area contributed by atoms with E-state index in [0.717, 1.165) is 11.0 Å². The van der Waals surface area contributed by atoms with Gasteiger partial charge in [0.15, 0.2) is 11.9 Å². The zero-order valence-corrected chi connectivity index (χ0v) is 22.1. The minimum absolute atomic E-state index is 0.0161. The molecule has 3 aromatic carbocycles. The fraction of sp³-hybridized carbons (Fsp3) is 0.286. The number of anilines is 1. The van der Waals surface area contributed by atoms with E-state index in [0.29, 0.717) is 49.1 Å². The Balaban J connectivity index is 1.39. The fourth-order valence-corrected chi connectivity index (χ4v) is 6.21. The third kappa shape index (κ3) is 5.42. The van der Waals surface area contributed by atoms with Crippen LogP contribution in [0.5, 0.6) is 5.75 Å². The zero-order chi connectivity index (χ0) is 26.7. The third-order valence-electron chi connectivity index (χ3n) is 6.47. The first-order chi connectivity index (χ1) is 18.3. The molecule has 0 unspecified atom stereocenters. The second-order valence-corrected chi connectivity index (χ2v) is 11.1. The summed E-state index contributed by atoms with van der Waals surface area (Å²) in [5.41, 5.74) is 2.59. The van der Waals surface area contributed by atoms with Gasteiger partial charge in [0.25, 0.3) is 0 Å². The van der Waals surface area contributed by atoms with Crippen LogP contribution in [0.15, 0.2) is 77.7 Å². The van der Waals surface area contributed by atoms with Crippen molar-refractivity contribution < 1.29 is 22.7 Å². The number of ether oxygens (including phenoxy) is 2. The lowest BCUT2D eigenvalue weighted by Crippen LogP contribution is -2.40. The number of aromatic nitrogens is 2. The second kappa shape index (κ2) is 10.9. The summed E-state index contributed by atoms with van der Waals surface area (Å²) in [4.78, 5) is 18.1. The maximum atomic E-state index is 13.2. The van der Waals surface area contributed by atoms with Crippen molar-refractivity contribution in [3.8, 4) is 5.75 Å². The van der Waals surface area contributed by atoms with E-state index in [9.17, 15) is 13.2 Å². The number of morpholine rings is 1. The number of nitrogens with one attached hydrogen (secondary N) is 1. The van der Waals surface area contributed by atoms with Crippen molar-refractivity contribution in [2.24, 2.45) is 0 Å². The lowest BCUT2D eigenvalue weighted by atomic mass is 10.2. The number of carbonyl (C=O) groups is 1. The number of sulfonamides is 1. The Morgan fingerprint density at radius 2 is 1.76 bits per heavy atom. The number of hydrogen-bond donors (Lipinski definition) is 1. The average Bonchev–Trinajstić information content (AvgIpc) is 3.29. The molecule has 9 nitrogen and oxygen atoms in total. The second-order valence-electron chi connectivity index (χ2n) is 9.16. The molecule has 10 heteroatoms. The van der Waals surface area contributed by atoms with Gasteiger partial charge in [-0.1, -0.05) is 36.4 Å². The lowest BCUT2D eigenvalue weighted by Gasteiger charge is -2.26.